The number of methoxy groups -OCH3 is 2. The van der Waals surface area contributed by atoms with Crippen molar-refractivity contribution in [1.29, 1.82) is 0 Å². The molecule has 3 rings (SSSR count). The van der Waals surface area contributed by atoms with E-state index in [0.29, 0.717) is 37.6 Å². The van der Waals surface area contributed by atoms with Crippen molar-refractivity contribution >= 4 is 12.0 Å². The van der Waals surface area contributed by atoms with Crippen LogP contribution in [0, 0.1) is 0 Å². The first-order chi connectivity index (χ1) is 13.0. The van der Waals surface area contributed by atoms with Crippen LogP contribution in [-0.4, -0.2) is 47.8 Å². The van der Waals surface area contributed by atoms with Crippen LogP contribution in [0.25, 0.3) is 0 Å². The summed E-state index contributed by atoms with van der Waals surface area (Å²) < 4.78 is 10.5. The van der Waals surface area contributed by atoms with Gasteiger partial charge in [-0.05, 0) is 35.2 Å². The van der Waals surface area contributed by atoms with Crippen LogP contribution >= 0.6 is 0 Å². The van der Waals surface area contributed by atoms with E-state index in [1.54, 1.807) is 31.4 Å². The standard InChI is InChI=1S/C19H21N3O5/c1-26-16-4-3-12(7-17(16)27-2)8-21-19(25)22-6-5-14-13(11-22)9-20-10-15(14)18(23)24/h3-4,7,9-10H,5-6,8,11H2,1-2H3,(H,21,25)(H,23,24). The van der Waals surface area contributed by atoms with Gasteiger partial charge in [-0.15, -0.1) is 0 Å². The number of hydrogen-bond acceptors (Lipinski definition) is 5. The molecular formula is C19H21N3O5. The van der Waals surface area contributed by atoms with E-state index in [4.69, 9.17) is 9.47 Å². The van der Waals surface area contributed by atoms with Crippen LogP contribution in [0.4, 0.5) is 4.79 Å². The first-order valence-electron chi connectivity index (χ1n) is 8.46. The van der Waals surface area contributed by atoms with Crippen LogP contribution in [0.2, 0.25) is 0 Å². The number of rotatable bonds is 5. The Labute approximate surface area is 156 Å². The van der Waals surface area contributed by atoms with E-state index >= 15 is 0 Å². The Morgan fingerprint density at radius 2 is 2.00 bits per heavy atom. The third-order valence-electron chi connectivity index (χ3n) is 4.55. The van der Waals surface area contributed by atoms with Crippen LogP contribution in [-0.2, 0) is 19.5 Å². The van der Waals surface area contributed by atoms with Crippen LogP contribution in [0.15, 0.2) is 30.6 Å². The molecule has 0 aliphatic carbocycles. The molecule has 27 heavy (non-hydrogen) atoms. The normalized spacial score (nSPS) is 12.9. The van der Waals surface area contributed by atoms with Crippen molar-refractivity contribution in [2.75, 3.05) is 20.8 Å². The highest BCUT2D eigenvalue weighted by molar-refractivity contribution is 5.89. The second-order valence-corrected chi connectivity index (χ2v) is 6.15. The van der Waals surface area contributed by atoms with Gasteiger partial charge < -0.3 is 24.8 Å². The lowest BCUT2D eigenvalue weighted by atomic mass is 9.97. The summed E-state index contributed by atoms with van der Waals surface area (Å²) >= 11 is 0. The molecule has 2 heterocycles. The Morgan fingerprint density at radius 3 is 2.70 bits per heavy atom. The van der Waals surface area contributed by atoms with Gasteiger partial charge in [-0.3, -0.25) is 4.98 Å². The minimum Gasteiger partial charge on any atom is -0.493 e. The zero-order valence-electron chi connectivity index (χ0n) is 15.2. The molecule has 142 valence electrons. The molecule has 0 unspecified atom stereocenters. The SMILES string of the molecule is COc1ccc(CNC(=O)N2CCc3c(cncc3C(=O)O)C2)cc1OC. The highest BCUT2D eigenvalue weighted by atomic mass is 16.5. The number of nitrogens with zero attached hydrogens (tertiary/aromatic N) is 2. The molecule has 0 bridgehead atoms. The number of aromatic carboxylic acids is 1. The summed E-state index contributed by atoms with van der Waals surface area (Å²) in [5.41, 5.74) is 2.61. The van der Waals surface area contributed by atoms with Crippen LogP contribution in [0.5, 0.6) is 11.5 Å². The Kier molecular flexibility index (Phi) is 5.44. The number of hydrogen-bond donors (Lipinski definition) is 2. The van der Waals surface area contributed by atoms with Gasteiger partial charge in [-0.2, -0.15) is 0 Å². The maximum atomic E-state index is 12.5. The average molecular weight is 371 g/mol. The molecule has 8 nitrogen and oxygen atoms in total. The number of pyridine rings is 1. The van der Waals surface area contributed by atoms with E-state index in [9.17, 15) is 14.7 Å². The molecule has 2 amide bonds. The number of carbonyl (C=O) groups is 2. The third kappa shape index (κ3) is 3.94. The molecule has 0 saturated carbocycles. The Morgan fingerprint density at radius 1 is 1.22 bits per heavy atom. The number of nitrogens with one attached hydrogen (secondary N) is 1. The summed E-state index contributed by atoms with van der Waals surface area (Å²) in [6, 6.07) is 5.25. The molecule has 2 aromatic rings. The van der Waals surface area contributed by atoms with Crippen molar-refractivity contribution in [3.8, 4) is 11.5 Å². The van der Waals surface area contributed by atoms with Crippen LogP contribution in [0.1, 0.15) is 27.0 Å². The smallest absolute Gasteiger partial charge is 0.337 e. The zero-order valence-corrected chi connectivity index (χ0v) is 15.2. The van der Waals surface area contributed by atoms with Crippen molar-refractivity contribution in [2.24, 2.45) is 0 Å². The van der Waals surface area contributed by atoms with E-state index in [1.807, 2.05) is 12.1 Å². The predicted octanol–water partition coefficient (Wildman–Crippen LogP) is 2.06. The molecule has 0 atom stereocenters. The first kappa shape index (κ1) is 18.5. The van der Waals surface area contributed by atoms with Crippen molar-refractivity contribution in [2.45, 2.75) is 19.5 Å². The molecule has 0 spiro atoms. The highest BCUT2D eigenvalue weighted by Gasteiger charge is 2.24. The minimum absolute atomic E-state index is 0.206. The molecule has 1 aliphatic rings. The maximum Gasteiger partial charge on any atom is 0.337 e. The van der Waals surface area contributed by atoms with E-state index in [0.717, 1.165) is 16.7 Å². The van der Waals surface area contributed by atoms with Gasteiger partial charge in [0.2, 0.25) is 0 Å². The van der Waals surface area contributed by atoms with Gasteiger partial charge in [0.25, 0.3) is 0 Å². The average Bonchev–Trinajstić information content (AvgIpc) is 2.70. The maximum absolute atomic E-state index is 12.5. The lowest BCUT2D eigenvalue weighted by molar-refractivity contribution is 0.0694. The molecule has 1 aromatic heterocycles. The molecule has 0 fully saturated rings. The number of ether oxygens (including phenoxy) is 2. The van der Waals surface area contributed by atoms with Gasteiger partial charge in [-0.25, -0.2) is 9.59 Å². The van der Waals surface area contributed by atoms with Crippen molar-refractivity contribution in [3.63, 3.8) is 0 Å². The number of urea groups is 1. The number of carbonyl (C=O) groups excluding carboxylic acids is 1. The summed E-state index contributed by atoms with van der Waals surface area (Å²) in [5, 5.41) is 12.1. The Hall–Kier alpha value is -3.29. The fraction of sp³-hybridized carbons (Fsp3) is 0.316. The lowest BCUT2D eigenvalue weighted by Crippen LogP contribution is -2.42. The number of carboxylic acid groups (broad SMARTS) is 1. The summed E-state index contributed by atoms with van der Waals surface area (Å²) in [5.74, 6) is 0.232. The van der Waals surface area contributed by atoms with Crippen molar-refractivity contribution in [3.05, 3.63) is 52.8 Å². The summed E-state index contributed by atoms with van der Waals surface area (Å²) in [6.07, 6.45) is 3.47. The van der Waals surface area contributed by atoms with Gasteiger partial charge in [0.15, 0.2) is 11.5 Å². The topological polar surface area (TPSA) is 101 Å². The van der Waals surface area contributed by atoms with Crippen LogP contribution < -0.4 is 14.8 Å². The second kappa shape index (κ2) is 7.94. The Bertz CT molecular complexity index is 868. The predicted molar refractivity (Wildman–Crippen MR) is 97.1 cm³/mol. The van der Waals surface area contributed by atoms with E-state index < -0.39 is 5.97 Å². The summed E-state index contributed by atoms with van der Waals surface area (Å²) in [4.78, 5) is 29.4. The zero-order chi connectivity index (χ0) is 19.4. The fourth-order valence-electron chi connectivity index (χ4n) is 3.13. The van der Waals surface area contributed by atoms with Gasteiger partial charge in [0.05, 0.1) is 19.8 Å². The van der Waals surface area contributed by atoms with Crippen LogP contribution in [0.3, 0.4) is 0 Å². The molecule has 0 saturated heterocycles. The van der Waals surface area contributed by atoms with Gasteiger partial charge in [0, 0.05) is 32.0 Å². The molecule has 1 aliphatic heterocycles. The highest BCUT2D eigenvalue weighted by Crippen LogP contribution is 2.27. The number of carboxylic acids is 1. The number of aromatic nitrogens is 1. The molecule has 1 aromatic carbocycles. The number of benzene rings is 1. The molecule has 0 radical (unpaired) electrons. The number of amides is 2. The Balaban J connectivity index is 1.64. The van der Waals surface area contributed by atoms with Crippen molar-refractivity contribution < 1.29 is 24.2 Å². The van der Waals surface area contributed by atoms with Gasteiger partial charge in [-0.1, -0.05) is 6.07 Å². The minimum atomic E-state index is -0.995. The first-order valence-corrected chi connectivity index (χ1v) is 8.46. The van der Waals surface area contributed by atoms with E-state index in [1.165, 1.54) is 6.20 Å². The van der Waals surface area contributed by atoms with Gasteiger partial charge in [0.1, 0.15) is 0 Å². The van der Waals surface area contributed by atoms with E-state index in [2.05, 4.69) is 10.3 Å². The molecule has 8 heteroatoms. The van der Waals surface area contributed by atoms with Gasteiger partial charge >= 0.3 is 12.0 Å². The fourth-order valence-corrected chi connectivity index (χ4v) is 3.13. The second-order valence-electron chi connectivity index (χ2n) is 6.15. The summed E-state index contributed by atoms with van der Waals surface area (Å²) in [6.45, 7) is 1.13. The quantitative estimate of drug-likeness (QED) is 0.834. The molecule has 2 N–H and O–H groups in total. The van der Waals surface area contributed by atoms with E-state index in [-0.39, 0.29) is 11.6 Å². The largest absolute Gasteiger partial charge is 0.493 e. The molecular weight excluding hydrogens is 350 g/mol. The lowest BCUT2D eigenvalue weighted by Gasteiger charge is -2.29. The summed E-state index contributed by atoms with van der Waals surface area (Å²) in [7, 11) is 3.13. The monoisotopic (exact) mass is 371 g/mol. The number of fused-ring (bicyclic) bond motifs is 1. The van der Waals surface area contributed by atoms with Crippen molar-refractivity contribution in [1.82, 2.24) is 15.2 Å². The third-order valence-corrected chi connectivity index (χ3v) is 4.55.